The second-order valence-corrected chi connectivity index (χ2v) is 9.31. The van der Waals surface area contributed by atoms with Crippen molar-refractivity contribution < 1.29 is 0 Å². The van der Waals surface area contributed by atoms with Gasteiger partial charge in [-0.25, -0.2) is 0 Å². The Labute approximate surface area is 65.1 Å². The topological polar surface area (TPSA) is 23.8 Å². The first-order chi connectivity index (χ1) is 4.48. The monoisotopic (exact) mass is 154 g/mol. The molecule has 0 aliphatic carbocycles. The maximum Gasteiger partial charge on any atom is 0.0621 e. The zero-order chi connectivity index (χ0) is 8.20. The minimum atomic E-state index is -1.06. The Morgan fingerprint density at radius 1 is 1.50 bits per heavy atom. The van der Waals surface area contributed by atoms with Crippen LogP contribution >= 0.6 is 0 Å². The van der Waals surface area contributed by atoms with Crippen molar-refractivity contribution in [2.45, 2.75) is 38.0 Å². The SMILES string of the molecule is [CH2]C(CCC#N)[Si](C)(C)C. The highest BCUT2D eigenvalue weighted by Crippen LogP contribution is 2.24. The van der Waals surface area contributed by atoms with Gasteiger partial charge in [-0.1, -0.05) is 26.6 Å². The number of hydrogen-bond donors (Lipinski definition) is 0. The molecule has 57 valence electrons. The van der Waals surface area contributed by atoms with Gasteiger partial charge in [0.2, 0.25) is 0 Å². The molecule has 2 heteroatoms. The summed E-state index contributed by atoms with van der Waals surface area (Å²) in [6, 6.07) is 2.15. The molecule has 0 amide bonds. The van der Waals surface area contributed by atoms with Gasteiger partial charge in [-0.2, -0.15) is 5.26 Å². The molecule has 0 N–H and O–H groups in total. The van der Waals surface area contributed by atoms with Crippen LogP contribution in [0.3, 0.4) is 0 Å². The average Bonchev–Trinajstić information content (AvgIpc) is 1.80. The van der Waals surface area contributed by atoms with Crippen LogP contribution in [-0.4, -0.2) is 8.07 Å². The van der Waals surface area contributed by atoms with E-state index in [0.717, 1.165) is 6.42 Å². The summed E-state index contributed by atoms with van der Waals surface area (Å²) < 4.78 is 0. The first-order valence-electron chi connectivity index (χ1n) is 3.68. The van der Waals surface area contributed by atoms with Crippen molar-refractivity contribution in [1.82, 2.24) is 0 Å². The smallest absolute Gasteiger partial charge is 0.0621 e. The van der Waals surface area contributed by atoms with Crippen molar-refractivity contribution in [3.05, 3.63) is 6.92 Å². The number of hydrogen-bond acceptors (Lipinski definition) is 1. The fourth-order valence-electron chi connectivity index (χ4n) is 0.672. The second kappa shape index (κ2) is 3.77. The molecule has 0 heterocycles. The second-order valence-electron chi connectivity index (χ2n) is 3.76. The number of rotatable bonds is 3. The van der Waals surface area contributed by atoms with Gasteiger partial charge in [0.1, 0.15) is 0 Å². The lowest BCUT2D eigenvalue weighted by Gasteiger charge is -2.23. The normalized spacial score (nSPS) is 14.3. The first kappa shape index (κ1) is 9.71. The van der Waals surface area contributed by atoms with Crippen molar-refractivity contribution in [2.75, 3.05) is 0 Å². The molecule has 1 unspecified atom stereocenters. The van der Waals surface area contributed by atoms with Crippen LogP contribution in [0.25, 0.3) is 0 Å². The van der Waals surface area contributed by atoms with Crippen LogP contribution in [0.5, 0.6) is 0 Å². The van der Waals surface area contributed by atoms with Crippen molar-refractivity contribution >= 4 is 8.07 Å². The van der Waals surface area contributed by atoms with Crippen molar-refractivity contribution in [1.29, 1.82) is 5.26 Å². The highest BCUT2D eigenvalue weighted by molar-refractivity contribution is 6.77. The Morgan fingerprint density at radius 3 is 2.30 bits per heavy atom. The lowest BCUT2D eigenvalue weighted by Crippen LogP contribution is -2.26. The third-order valence-electron chi connectivity index (χ3n) is 1.83. The van der Waals surface area contributed by atoms with E-state index in [4.69, 9.17) is 5.26 Å². The van der Waals surface area contributed by atoms with E-state index in [1.807, 2.05) is 0 Å². The van der Waals surface area contributed by atoms with Gasteiger partial charge in [0, 0.05) is 14.5 Å². The third-order valence-corrected chi connectivity index (χ3v) is 4.57. The lowest BCUT2D eigenvalue weighted by molar-refractivity contribution is 0.843. The molecule has 0 saturated heterocycles. The van der Waals surface area contributed by atoms with Gasteiger partial charge >= 0.3 is 0 Å². The molecule has 1 atom stereocenters. The molecule has 0 bridgehead atoms. The molecule has 0 saturated carbocycles. The highest BCUT2D eigenvalue weighted by Gasteiger charge is 2.21. The Balaban J connectivity index is 3.65. The fraction of sp³-hybridized carbons (Fsp3) is 0.750. The maximum atomic E-state index is 8.32. The van der Waals surface area contributed by atoms with Crippen LogP contribution in [0.4, 0.5) is 0 Å². The molecule has 10 heavy (non-hydrogen) atoms. The molecule has 0 aromatic heterocycles. The van der Waals surface area contributed by atoms with Crippen LogP contribution in [0.15, 0.2) is 0 Å². The standard InChI is InChI=1S/C8H16NSi/c1-8(6-5-7-9)10(2,3)4/h8H,1,5-6H2,2-4H3. The van der Waals surface area contributed by atoms with E-state index in [9.17, 15) is 0 Å². The summed E-state index contributed by atoms with van der Waals surface area (Å²) in [7, 11) is -1.06. The Bertz CT molecular complexity index is 129. The van der Waals surface area contributed by atoms with Gasteiger partial charge in [0.15, 0.2) is 0 Å². The van der Waals surface area contributed by atoms with Crippen LogP contribution in [0.1, 0.15) is 12.8 Å². The van der Waals surface area contributed by atoms with Crippen molar-refractivity contribution in [3.8, 4) is 6.07 Å². The number of nitrogens with zero attached hydrogens (tertiary/aromatic N) is 1. The fourth-order valence-corrected chi connectivity index (χ4v) is 1.68. The molecule has 0 spiro atoms. The molecule has 1 radical (unpaired) electrons. The summed E-state index contributed by atoms with van der Waals surface area (Å²) in [5.41, 5.74) is 0.534. The lowest BCUT2D eigenvalue weighted by atomic mass is 10.3. The Kier molecular flexibility index (Phi) is 3.66. The predicted octanol–water partition coefficient (Wildman–Crippen LogP) is 2.83. The molecule has 0 aromatic rings. The van der Waals surface area contributed by atoms with Crippen LogP contribution in [0, 0.1) is 18.3 Å². The Hall–Kier alpha value is -0.293. The molecule has 0 aliphatic heterocycles. The number of nitriles is 1. The summed E-state index contributed by atoms with van der Waals surface area (Å²) in [4.78, 5) is 0. The zero-order valence-corrected chi connectivity index (χ0v) is 8.15. The molecule has 0 rings (SSSR count). The quantitative estimate of drug-likeness (QED) is 0.573. The molecule has 1 nitrogen and oxygen atoms in total. The zero-order valence-electron chi connectivity index (χ0n) is 7.15. The predicted molar refractivity (Wildman–Crippen MR) is 47.3 cm³/mol. The molecule has 0 aromatic carbocycles. The molecule has 0 fully saturated rings. The van der Waals surface area contributed by atoms with E-state index in [0.29, 0.717) is 12.0 Å². The van der Waals surface area contributed by atoms with E-state index < -0.39 is 8.07 Å². The maximum absolute atomic E-state index is 8.32. The van der Waals surface area contributed by atoms with Gasteiger partial charge < -0.3 is 0 Å². The van der Waals surface area contributed by atoms with E-state index >= 15 is 0 Å². The summed E-state index contributed by atoms with van der Waals surface area (Å²) >= 11 is 0. The third kappa shape index (κ3) is 3.68. The summed E-state index contributed by atoms with van der Waals surface area (Å²) in [5.74, 6) is 0. The van der Waals surface area contributed by atoms with E-state index in [1.54, 1.807) is 0 Å². The molecule has 0 aliphatic rings. The van der Waals surface area contributed by atoms with Gasteiger partial charge in [0.25, 0.3) is 0 Å². The van der Waals surface area contributed by atoms with Gasteiger partial charge in [-0.15, -0.1) is 0 Å². The minimum Gasteiger partial charge on any atom is -0.198 e. The van der Waals surface area contributed by atoms with Crippen molar-refractivity contribution in [2.24, 2.45) is 0 Å². The van der Waals surface area contributed by atoms with Crippen LogP contribution in [0.2, 0.25) is 25.2 Å². The minimum absolute atomic E-state index is 0.534. The van der Waals surface area contributed by atoms with Crippen LogP contribution < -0.4 is 0 Å². The first-order valence-corrected chi connectivity index (χ1v) is 7.26. The van der Waals surface area contributed by atoms with E-state index in [-0.39, 0.29) is 0 Å². The van der Waals surface area contributed by atoms with Gasteiger partial charge in [-0.3, -0.25) is 0 Å². The Morgan fingerprint density at radius 2 is 2.00 bits per heavy atom. The summed E-state index contributed by atoms with van der Waals surface area (Å²) in [6.07, 6.45) is 1.64. The van der Waals surface area contributed by atoms with Crippen LogP contribution in [-0.2, 0) is 0 Å². The summed E-state index contributed by atoms with van der Waals surface area (Å²) in [6.45, 7) is 10.9. The van der Waals surface area contributed by atoms with E-state index in [2.05, 4.69) is 32.6 Å². The average molecular weight is 154 g/mol. The largest absolute Gasteiger partial charge is 0.198 e. The van der Waals surface area contributed by atoms with E-state index in [1.165, 1.54) is 0 Å². The molecular formula is C8H16NSi. The highest BCUT2D eigenvalue weighted by atomic mass is 28.3. The van der Waals surface area contributed by atoms with Gasteiger partial charge in [0.05, 0.1) is 6.07 Å². The summed E-state index contributed by atoms with van der Waals surface area (Å²) in [5, 5.41) is 8.32. The molecular weight excluding hydrogens is 138 g/mol. The van der Waals surface area contributed by atoms with Crippen molar-refractivity contribution in [3.63, 3.8) is 0 Å². The van der Waals surface area contributed by atoms with Gasteiger partial charge in [-0.05, 0) is 12.0 Å².